The van der Waals surface area contributed by atoms with E-state index in [0.717, 1.165) is 43.5 Å². The van der Waals surface area contributed by atoms with Gasteiger partial charge in [0.1, 0.15) is 5.75 Å². The van der Waals surface area contributed by atoms with Gasteiger partial charge in [0.25, 0.3) is 0 Å². The summed E-state index contributed by atoms with van der Waals surface area (Å²) in [6, 6.07) is 8.00. The molecule has 1 saturated heterocycles. The van der Waals surface area contributed by atoms with E-state index in [9.17, 15) is 0 Å². The lowest BCUT2D eigenvalue weighted by Crippen LogP contribution is -2.32. The van der Waals surface area contributed by atoms with Gasteiger partial charge in [0, 0.05) is 51.5 Å². The van der Waals surface area contributed by atoms with Gasteiger partial charge in [0.2, 0.25) is 0 Å². The molecule has 1 heterocycles. The van der Waals surface area contributed by atoms with Gasteiger partial charge in [-0.05, 0) is 50.9 Å². The Labute approximate surface area is 164 Å². The Bertz CT molecular complexity index is 559. The number of aliphatic imine (C=N–C) groups is 1. The molecule has 6 nitrogen and oxygen atoms in total. The van der Waals surface area contributed by atoms with E-state index < -0.39 is 0 Å². The molecule has 1 aromatic rings. The summed E-state index contributed by atoms with van der Waals surface area (Å²) >= 11 is 0. The fourth-order valence-electron chi connectivity index (χ4n) is 3.21. The number of methoxy groups -OCH3 is 1. The molecule has 27 heavy (non-hydrogen) atoms. The van der Waals surface area contributed by atoms with Crippen molar-refractivity contribution < 1.29 is 9.47 Å². The minimum Gasteiger partial charge on any atom is -0.493 e. The lowest BCUT2D eigenvalue weighted by atomic mass is 10.2. The molecule has 1 aliphatic rings. The normalized spacial score (nSPS) is 16.3. The third kappa shape index (κ3) is 8.63. The molecule has 0 aromatic heterocycles. The number of benzene rings is 1. The lowest BCUT2D eigenvalue weighted by Gasteiger charge is -2.19. The van der Waals surface area contributed by atoms with Crippen LogP contribution in [0.5, 0.6) is 5.75 Å². The zero-order chi connectivity index (χ0) is 19.3. The standard InChI is InChI=1S/C21H36N4O2/c1-4-22-21(23-16-18(2)17-25-11-5-6-12-25)24-19-9-7-10-20(15-19)27-14-8-13-26-3/h7,9-10,15,18H,4-6,8,11-14,16-17H2,1-3H3,(H2,22,23,24). The van der Waals surface area contributed by atoms with Crippen LogP contribution in [0.25, 0.3) is 0 Å². The van der Waals surface area contributed by atoms with Gasteiger partial charge in [-0.3, -0.25) is 4.99 Å². The second-order valence-electron chi connectivity index (χ2n) is 7.18. The van der Waals surface area contributed by atoms with E-state index in [1.54, 1.807) is 7.11 Å². The van der Waals surface area contributed by atoms with Crippen molar-refractivity contribution in [1.82, 2.24) is 10.2 Å². The molecule has 0 bridgehead atoms. The predicted octanol–water partition coefficient (Wildman–Crippen LogP) is 3.21. The van der Waals surface area contributed by atoms with Crippen LogP contribution in [-0.2, 0) is 4.74 Å². The maximum atomic E-state index is 5.78. The van der Waals surface area contributed by atoms with Crippen molar-refractivity contribution in [2.45, 2.75) is 33.1 Å². The van der Waals surface area contributed by atoms with Crippen molar-refractivity contribution in [3.8, 4) is 5.75 Å². The molecule has 6 heteroatoms. The number of nitrogens with one attached hydrogen (secondary N) is 2. The summed E-state index contributed by atoms with van der Waals surface area (Å²) in [4.78, 5) is 7.32. The Morgan fingerprint density at radius 1 is 1.26 bits per heavy atom. The first kappa shape index (κ1) is 21.5. The number of ether oxygens (including phenoxy) is 2. The molecular weight excluding hydrogens is 340 g/mol. The third-order valence-corrected chi connectivity index (χ3v) is 4.53. The molecule has 2 N–H and O–H groups in total. The Balaban J connectivity index is 1.86. The second-order valence-corrected chi connectivity index (χ2v) is 7.18. The molecule has 1 aliphatic heterocycles. The van der Waals surface area contributed by atoms with E-state index in [0.29, 0.717) is 19.1 Å². The maximum absolute atomic E-state index is 5.78. The van der Waals surface area contributed by atoms with Crippen LogP contribution < -0.4 is 15.4 Å². The minimum atomic E-state index is 0.550. The molecule has 152 valence electrons. The maximum Gasteiger partial charge on any atom is 0.195 e. The highest BCUT2D eigenvalue weighted by atomic mass is 16.5. The lowest BCUT2D eigenvalue weighted by molar-refractivity contribution is 0.172. The van der Waals surface area contributed by atoms with Gasteiger partial charge in [-0.15, -0.1) is 0 Å². The summed E-state index contributed by atoms with van der Waals surface area (Å²) in [7, 11) is 1.71. The van der Waals surface area contributed by atoms with Crippen molar-refractivity contribution in [3.63, 3.8) is 0 Å². The number of likely N-dealkylation sites (tertiary alicyclic amines) is 1. The van der Waals surface area contributed by atoms with Crippen LogP contribution in [0, 0.1) is 5.92 Å². The molecule has 1 aromatic carbocycles. The second kappa shape index (κ2) is 12.6. The molecule has 2 rings (SSSR count). The van der Waals surface area contributed by atoms with Gasteiger partial charge in [-0.2, -0.15) is 0 Å². The van der Waals surface area contributed by atoms with E-state index in [1.165, 1.54) is 25.9 Å². The summed E-state index contributed by atoms with van der Waals surface area (Å²) in [6.45, 7) is 11.0. The van der Waals surface area contributed by atoms with Crippen LogP contribution in [0.1, 0.15) is 33.1 Å². The first-order valence-electron chi connectivity index (χ1n) is 10.2. The monoisotopic (exact) mass is 376 g/mol. The van der Waals surface area contributed by atoms with Crippen LogP contribution in [0.15, 0.2) is 29.3 Å². The molecular formula is C21H36N4O2. The summed E-state index contributed by atoms with van der Waals surface area (Å²) in [5.74, 6) is 2.23. The minimum absolute atomic E-state index is 0.550. The predicted molar refractivity (Wildman–Crippen MR) is 113 cm³/mol. The van der Waals surface area contributed by atoms with Crippen LogP contribution in [0.2, 0.25) is 0 Å². The number of guanidine groups is 1. The van der Waals surface area contributed by atoms with Gasteiger partial charge in [-0.25, -0.2) is 0 Å². The summed E-state index contributed by atoms with van der Waals surface area (Å²) in [6.07, 6.45) is 3.56. The topological polar surface area (TPSA) is 58.1 Å². The van der Waals surface area contributed by atoms with Crippen molar-refractivity contribution in [3.05, 3.63) is 24.3 Å². The Morgan fingerprint density at radius 2 is 2.07 bits per heavy atom. The highest BCUT2D eigenvalue weighted by Gasteiger charge is 2.14. The smallest absolute Gasteiger partial charge is 0.195 e. The number of anilines is 1. The summed E-state index contributed by atoms with van der Waals surface area (Å²) in [5.41, 5.74) is 0.978. The van der Waals surface area contributed by atoms with Crippen molar-refractivity contribution in [2.75, 3.05) is 58.4 Å². The van der Waals surface area contributed by atoms with Gasteiger partial charge in [-0.1, -0.05) is 13.0 Å². The van der Waals surface area contributed by atoms with E-state index in [-0.39, 0.29) is 0 Å². The number of hydrogen-bond acceptors (Lipinski definition) is 4. The van der Waals surface area contributed by atoms with Gasteiger partial charge >= 0.3 is 0 Å². The van der Waals surface area contributed by atoms with Crippen molar-refractivity contribution in [1.29, 1.82) is 0 Å². The van der Waals surface area contributed by atoms with E-state index in [2.05, 4.69) is 29.4 Å². The molecule has 0 aliphatic carbocycles. The van der Waals surface area contributed by atoms with E-state index >= 15 is 0 Å². The highest BCUT2D eigenvalue weighted by molar-refractivity contribution is 5.93. The van der Waals surface area contributed by atoms with Gasteiger partial charge < -0.3 is 25.0 Å². The molecule has 1 fully saturated rings. The van der Waals surface area contributed by atoms with Crippen LogP contribution in [0.4, 0.5) is 5.69 Å². The molecule has 0 saturated carbocycles. The van der Waals surface area contributed by atoms with E-state index in [4.69, 9.17) is 14.5 Å². The largest absolute Gasteiger partial charge is 0.493 e. The van der Waals surface area contributed by atoms with Gasteiger partial charge in [0.15, 0.2) is 5.96 Å². The summed E-state index contributed by atoms with van der Waals surface area (Å²) in [5, 5.41) is 6.72. The van der Waals surface area contributed by atoms with Crippen LogP contribution in [-0.4, -0.2) is 63.9 Å². The molecule has 1 unspecified atom stereocenters. The third-order valence-electron chi connectivity index (χ3n) is 4.53. The van der Waals surface area contributed by atoms with Gasteiger partial charge in [0.05, 0.1) is 6.61 Å². The zero-order valence-electron chi connectivity index (χ0n) is 17.2. The fourth-order valence-corrected chi connectivity index (χ4v) is 3.21. The van der Waals surface area contributed by atoms with Crippen molar-refractivity contribution in [2.24, 2.45) is 10.9 Å². The number of nitrogens with zero attached hydrogens (tertiary/aromatic N) is 2. The molecule has 0 radical (unpaired) electrons. The fraction of sp³-hybridized carbons (Fsp3) is 0.667. The number of hydrogen-bond donors (Lipinski definition) is 2. The Hall–Kier alpha value is -1.79. The highest BCUT2D eigenvalue weighted by Crippen LogP contribution is 2.17. The first-order valence-corrected chi connectivity index (χ1v) is 10.2. The molecule has 0 amide bonds. The SMILES string of the molecule is CCNC(=NCC(C)CN1CCCC1)Nc1cccc(OCCCOC)c1. The molecule has 1 atom stereocenters. The van der Waals surface area contributed by atoms with Crippen LogP contribution >= 0.6 is 0 Å². The quantitative estimate of drug-likeness (QED) is 0.353. The zero-order valence-corrected chi connectivity index (χ0v) is 17.2. The first-order chi connectivity index (χ1) is 13.2. The number of rotatable bonds is 11. The van der Waals surface area contributed by atoms with Crippen molar-refractivity contribution >= 4 is 11.6 Å². The average Bonchev–Trinajstić information content (AvgIpc) is 3.17. The summed E-state index contributed by atoms with van der Waals surface area (Å²) < 4.78 is 10.8. The Morgan fingerprint density at radius 3 is 2.81 bits per heavy atom. The molecule has 0 spiro atoms. The van der Waals surface area contributed by atoms with E-state index in [1.807, 2.05) is 24.3 Å². The Kier molecular flexibility index (Phi) is 10.0. The average molecular weight is 377 g/mol. The van der Waals surface area contributed by atoms with Crippen LogP contribution in [0.3, 0.4) is 0 Å².